The van der Waals surface area contributed by atoms with Gasteiger partial charge in [0.1, 0.15) is 16.7 Å². The van der Waals surface area contributed by atoms with Crippen molar-refractivity contribution in [3.8, 4) is 5.75 Å². The van der Waals surface area contributed by atoms with Crippen LogP contribution in [0.5, 0.6) is 5.75 Å². The van der Waals surface area contributed by atoms with E-state index in [1.165, 1.54) is 29.2 Å². The summed E-state index contributed by atoms with van der Waals surface area (Å²) in [4.78, 5) is 20.3. The number of benzene rings is 1. The SMILES string of the molecule is CC(C)Oc1ccc(S(C)(=O)=O)cc1C(=O)N1CCN(c2ccc(C(F)(F)F)c(Cl)n2)CC1. The van der Waals surface area contributed by atoms with Crippen LogP contribution < -0.4 is 9.64 Å². The lowest BCUT2D eigenvalue weighted by Gasteiger charge is -2.36. The van der Waals surface area contributed by atoms with Gasteiger partial charge < -0.3 is 14.5 Å². The molecule has 0 atom stereocenters. The minimum atomic E-state index is -4.59. The molecular formula is C21H23ClF3N3O4S. The number of rotatable bonds is 5. The van der Waals surface area contributed by atoms with Crippen LogP contribution in [-0.4, -0.2) is 62.7 Å². The molecule has 0 spiro atoms. The van der Waals surface area contributed by atoms with Crippen LogP contribution in [-0.2, 0) is 16.0 Å². The molecule has 0 bridgehead atoms. The third kappa shape index (κ3) is 5.89. The number of aromatic nitrogens is 1. The first-order chi connectivity index (χ1) is 15.3. The fourth-order valence-electron chi connectivity index (χ4n) is 3.38. The molecule has 33 heavy (non-hydrogen) atoms. The van der Waals surface area contributed by atoms with E-state index in [0.29, 0.717) is 13.1 Å². The van der Waals surface area contributed by atoms with Gasteiger partial charge in [0.25, 0.3) is 5.91 Å². The highest BCUT2D eigenvalue weighted by atomic mass is 35.5. The molecule has 1 fully saturated rings. The van der Waals surface area contributed by atoms with E-state index in [2.05, 4.69) is 4.98 Å². The van der Waals surface area contributed by atoms with Crippen LogP contribution in [0.3, 0.4) is 0 Å². The van der Waals surface area contributed by atoms with Crippen molar-refractivity contribution in [3.63, 3.8) is 0 Å². The summed E-state index contributed by atoms with van der Waals surface area (Å²) in [6, 6.07) is 6.29. The maximum atomic E-state index is 13.2. The molecule has 3 rings (SSSR count). The van der Waals surface area contributed by atoms with Crippen LogP contribution in [0.2, 0.25) is 5.15 Å². The van der Waals surface area contributed by atoms with Crippen LogP contribution in [0, 0.1) is 0 Å². The number of amides is 1. The summed E-state index contributed by atoms with van der Waals surface area (Å²) in [6.45, 7) is 4.71. The number of hydrogen-bond acceptors (Lipinski definition) is 6. The molecule has 0 N–H and O–H groups in total. The standard InChI is InChI=1S/C21H23ClF3N3O4S/c1-13(2)32-17-6-4-14(33(3,30)31)12-15(17)20(29)28-10-8-27(9-11-28)18-7-5-16(19(22)26-18)21(23,24)25/h4-7,12-13H,8-11H2,1-3H3. The summed E-state index contributed by atoms with van der Waals surface area (Å²) in [6.07, 6.45) is -3.77. The lowest BCUT2D eigenvalue weighted by molar-refractivity contribution is -0.137. The Morgan fingerprint density at radius 1 is 1.12 bits per heavy atom. The first kappa shape index (κ1) is 25.1. The number of anilines is 1. The molecule has 12 heteroatoms. The summed E-state index contributed by atoms with van der Waals surface area (Å²) in [5, 5.41) is -0.633. The van der Waals surface area contributed by atoms with Gasteiger partial charge in [-0.25, -0.2) is 13.4 Å². The lowest BCUT2D eigenvalue weighted by atomic mass is 10.1. The monoisotopic (exact) mass is 505 g/mol. The predicted octanol–water partition coefficient (Wildman–Crippen LogP) is 3.91. The Balaban J connectivity index is 1.78. The Bertz CT molecular complexity index is 1150. The van der Waals surface area contributed by atoms with Crippen molar-refractivity contribution in [2.24, 2.45) is 0 Å². The number of ether oxygens (including phenoxy) is 1. The van der Waals surface area contributed by atoms with E-state index in [0.717, 1.165) is 12.3 Å². The average Bonchev–Trinajstić information content (AvgIpc) is 2.71. The average molecular weight is 506 g/mol. The molecule has 0 radical (unpaired) electrons. The van der Waals surface area contributed by atoms with Gasteiger partial charge in [0.2, 0.25) is 0 Å². The molecule has 0 saturated carbocycles. The predicted molar refractivity (Wildman–Crippen MR) is 118 cm³/mol. The van der Waals surface area contributed by atoms with Gasteiger partial charge in [-0.05, 0) is 44.2 Å². The molecule has 2 heterocycles. The summed E-state index contributed by atoms with van der Waals surface area (Å²) < 4.78 is 68.4. The number of hydrogen-bond donors (Lipinski definition) is 0. The molecule has 0 unspecified atom stereocenters. The second-order valence-corrected chi connectivity index (χ2v) is 10.3. The van der Waals surface area contributed by atoms with E-state index in [9.17, 15) is 26.4 Å². The van der Waals surface area contributed by atoms with Gasteiger partial charge >= 0.3 is 6.18 Å². The summed E-state index contributed by atoms with van der Waals surface area (Å²) in [5.74, 6) is 0.165. The Labute approximate surface area is 195 Å². The van der Waals surface area contributed by atoms with Crippen molar-refractivity contribution in [1.82, 2.24) is 9.88 Å². The third-order valence-corrected chi connectivity index (χ3v) is 6.40. The van der Waals surface area contributed by atoms with Gasteiger partial charge in [-0.1, -0.05) is 11.6 Å². The molecule has 1 amide bonds. The van der Waals surface area contributed by atoms with E-state index in [-0.39, 0.29) is 41.2 Å². The Kier molecular flexibility index (Phi) is 7.13. The summed E-state index contributed by atoms with van der Waals surface area (Å²) in [7, 11) is -3.53. The molecule has 1 saturated heterocycles. The van der Waals surface area contributed by atoms with Gasteiger partial charge in [-0.2, -0.15) is 13.2 Å². The van der Waals surface area contributed by atoms with Gasteiger partial charge in [-0.3, -0.25) is 4.79 Å². The first-order valence-corrected chi connectivity index (χ1v) is 12.3. The number of pyridine rings is 1. The molecule has 2 aromatic rings. The van der Waals surface area contributed by atoms with Crippen LogP contribution in [0.25, 0.3) is 0 Å². The number of alkyl halides is 3. The van der Waals surface area contributed by atoms with E-state index >= 15 is 0 Å². The van der Waals surface area contributed by atoms with Crippen molar-refractivity contribution in [3.05, 3.63) is 46.6 Å². The fourth-order valence-corrected chi connectivity index (χ4v) is 4.29. The van der Waals surface area contributed by atoms with Crippen molar-refractivity contribution >= 4 is 33.2 Å². The second-order valence-electron chi connectivity index (χ2n) is 7.88. The van der Waals surface area contributed by atoms with Crippen molar-refractivity contribution in [2.75, 3.05) is 37.3 Å². The van der Waals surface area contributed by atoms with Crippen LogP contribution in [0.15, 0.2) is 35.2 Å². The highest BCUT2D eigenvalue weighted by Crippen LogP contribution is 2.35. The van der Waals surface area contributed by atoms with Gasteiger partial charge in [0, 0.05) is 32.4 Å². The van der Waals surface area contributed by atoms with Crippen LogP contribution in [0.1, 0.15) is 29.8 Å². The van der Waals surface area contributed by atoms with Crippen molar-refractivity contribution < 1.29 is 31.1 Å². The number of piperazine rings is 1. The van der Waals surface area contributed by atoms with E-state index in [1.807, 2.05) is 0 Å². The molecule has 0 aliphatic carbocycles. The normalized spacial score (nSPS) is 15.2. The van der Waals surface area contributed by atoms with E-state index < -0.39 is 32.6 Å². The zero-order chi connectivity index (χ0) is 24.6. The Hall–Kier alpha value is -2.53. The molecule has 7 nitrogen and oxygen atoms in total. The number of halogens is 4. The van der Waals surface area contributed by atoms with Crippen LogP contribution >= 0.6 is 11.6 Å². The smallest absolute Gasteiger partial charge is 0.419 e. The largest absolute Gasteiger partial charge is 0.490 e. The third-order valence-electron chi connectivity index (χ3n) is 5.00. The number of sulfone groups is 1. The topological polar surface area (TPSA) is 79.8 Å². The Morgan fingerprint density at radius 2 is 1.76 bits per heavy atom. The second kappa shape index (κ2) is 9.38. The highest BCUT2D eigenvalue weighted by Gasteiger charge is 2.34. The summed E-state index contributed by atoms with van der Waals surface area (Å²) >= 11 is 5.72. The quantitative estimate of drug-likeness (QED) is 0.573. The Morgan fingerprint density at radius 3 is 2.27 bits per heavy atom. The van der Waals surface area contributed by atoms with Gasteiger partial charge in [-0.15, -0.1) is 0 Å². The van der Waals surface area contributed by atoms with E-state index in [4.69, 9.17) is 16.3 Å². The minimum Gasteiger partial charge on any atom is -0.490 e. The zero-order valence-corrected chi connectivity index (χ0v) is 19.8. The highest BCUT2D eigenvalue weighted by molar-refractivity contribution is 7.90. The number of nitrogens with zero attached hydrogens (tertiary/aromatic N) is 3. The van der Waals surface area contributed by atoms with Gasteiger partial charge in [0.05, 0.1) is 22.1 Å². The van der Waals surface area contributed by atoms with Gasteiger partial charge in [0.15, 0.2) is 9.84 Å². The van der Waals surface area contributed by atoms with Crippen molar-refractivity contribution in [1.29, 1.82) is 0 Å². The van der Waals surface area contributed by atoms with Crippen molar-refractivity contribution in [2.45, 2.75) is 31.0 Å². The molecule has 1 aromatic heterocycles. The molecule has 180 valence electrons. The minimum absolute atomic E-state index is 0.00388. The summed E-state index contributed by atoms with van der Waals surface area (Å²) in [5.41, 5.74) is -0.874. The molecule has 1 aliphatic rings. The van der Waals surface area contributed by atoms with Crippen LogP contribution in [0.4, 0.5) is 19.0 Å². The molecular weight excluding hydrogens is 483 g/mol. The maximum Gasteiger partial charge on any atom is 0.419 e. The lowest BCUT2D eigenvalue weighted by Crippen LogP contribution is -2.49. The zero-order valence-electron chi connectivity index (χ0n) is 18.2. The van der Waals surface area contributed by atoms with E-state index in [1.54, 1.807) is 18.7 Å². The molecule has 1 aromatic carbocycles. The fraction of sp³-hybridized carbons (Fsp3) is 0.429. The number of carbonyl (C=O) groups is 1. The molecule has 1 aliphatic heterocycles. The first-order valence-electron chi connectivity index (χ1n) is 10.1. The maximum absolute atomic E-state index is 13.2. The number of carbonyl (C=O) groups excluding carboxylic acids is 1.